The van der Waals surface area contributed by atoms with E-state index in [-0.39, 0.29) is 98.1 Å². The van der Waals surface area contributed by atoms with Crippen molar-refractivity contribution in [1.82, 2.24) is 27.0 Å². The smallest absolute Gasteiger partial charge is 0.244 e. The second kappa shape index (κ2) is 28.6. The highest BCUT2D eigenvalue weighted by Crippen LogP contribution is 2.37. The molecule has 0 spiro atoms. The van der Waals surface area contributed by atoms with Crippen molar-refractivity contribution in [2.75, 3.05) is 142 Å². The van der Waals surface area contributed by atoms with Crippen LogP contribution in [0.5, 0.6) is 0 Å². The highest BCUT2D eigenvalue weighted by atomic mass is 32.2. The summed E-state index contributed by atoms with van der Waals surface area (Å²) in [6.45, 7) is 0.842. The molecule has 18 nitrogen and oxygen atoms in total. The lowest BCUT2D eigenvalue weighted by Gasteiger charge is -2.29. The summed E-state index contributed by atoms with van der Waals surface area (Å²) < 4.78 is 130. The second-order valence-electron chi connectivity index (χ2n) is 25.7. The van der Waals surface area contributed by atoms with Gasteiger partial charge in [-0.1, -0.05) is 146 Å². The average Bonchev–Trinajstić information content (AvgIpc) is 0.792. The van der Waals surface area contributed by atoms with E-state index in [1.54, 1.807) is 48.5 Å². The summed E-state index contributed by atoms with van der Waals surface area (Å²) in [6.07, 6.45) is 0. The van der Waals surface area contributed by atoms with E-state index >= 15 is 33.7 Å². The molecule has 0 N–H and O–H groups in total. The summed E-state index contributed by atoms with van der Waals surface area (Å²) in [7, 11) is 2.08. The summed E-state index contributed by atoms with van der Waals surface area (Å²) in [5.74, 6) is 0. The molecule has 10 aromatic rings. The Kier molecular flexibility index (Phi) is 20.7. The lowest BCUT2D eigenvalue weighted by Crippen LogP contribution is -2.41. The topological polar surface area (TPSA) is 169 Å². The fourth-order valence-corrected chi connectivity index (χ4v) is 19.4. The Bertz CT molecular complexity index is 4340. The van der Waals surface area contributed by atoms with Gasteiger partial charge in [0.2, 0.25) is 40.1 Å². The van der Waals surface area contributed by atoms with Crippen molar-refractivity contribution < 1.29 is 33.7 Å². The van der Waals surface area contributed by atoms with Gasteiger partial charge in [0, 0.05) is 201 Å². The molecular weight excluding hydrogens is 1290 g/mol. The van der Waals surface area contributed by atoms with Crippen molar-refractivity contribution in [3.63, 3.8) is 0 Å². The normalized spacial score (nSPS) is 16.0. The summed E-state index contributed by atoms with van der Waals surface area (Å²) >= 11 is 0. The number of anilines is 4. The molecular formula is C74H86N10O8S4. The zero-order valence-electron chi connectivity index (χ0n) is 56.3. The number of likely N-dealkylation sites (N-methyl/N-ethyl adjacent to an activating group) is 2. The molecule has 96 heavy (non-hydrogen) atoms. The molecule has 0 aromatic heterocycles. The molecule has 0 saturated heterocycles. The molecule has 4 aliphatic heterocycles. The standard InChI is InChI=1S/C74H86N10O8S4/c1-75(2)67-27-11-23-63-59(67)19-15-31-71(63)93(85,86)81-47-43-79(9)44-48-82(94(87,88)72-32-16-20-60-64(72)24-12-28-68(60)76(3)4)53-57-39-41-58(42-40-57)54-84(96(91,92)74-34-18-22-62-66(74)26-14-30-70(62)78(7)8)50-46-80(10)45-49-83(52-56-37-35-55(51-81)36-38-56)95(89,90)73-33-17-21-61-65(73)25-13-29-69(61)77(5)6/h11-42H,43-54H2,1-10H3. The lowest BCUT2D eigenvalue weighted by molar-refractivity contribution is 0.264. The van der Waals surface area contributed by atoms with E-state index in [0.29, 0.717) is 43.8 Å². The fourth-order valence-electron chi connectivity index (χ4n) is 12.9. The molecule has 0 aliphatic carbocycles. The van der Waals surface area contributed by atoms with Crippen LogP contribution in [0.3, 0.4) is 0 Å². The number of nitrogens with zero attached hydrogens (tertiary/aromatic N) is 10. The minimum atomic E-state index is -4.24. The molecule has 0 radical (unpaired) electrons. The number of hydrogen-bond acceptors (Lipinski definition) is 14. The molecule has 0 fully saturated rings. The number of benzene rings is 10. The maximum atomic E-state index is 15.5. The third-order valence-electron chi connectivity index (χ3n) is 18.2. The summed E-state index contributed by atoms with van der Waals surface area (Å²) in [5, 5.41) is 5.40. The van der Waals surface area contributed by atoms with Crippen LogP contribution in [0.25, 0.3) is 43.1 Å². The monoisotopic (exact) mass is 1370 g/mol. The van der Waals surface area contributed by atoms with Gasteiger partial charge < -0.3 is 29.4 Å². The SMILES string of the molecule is CN1CCN(S(=O)(=O)c2cccc3c(N(C)C)cccc23)Cc2ccc(cc2)CN(S(=O)(=O)c2cccc3c(N(C)C)cccc23)CCN(C)CCN(S(=O)(=O)c2cccc3c(N(C)C)cccc23)Cc2ccc(cc2)CN(S(=O)(=O)c2cccc3c(N(C)C)cccc23)CC1. The van der Waals surface area contributed by atoms with E-state index in [9.17, 15) is 0 Å². The molecule has 0 amide bonds. The molecule has 4 heterocycles. The minimum absolute atomic E-state index is 0.0274. The van der Waals surface area contributed by atoms with Crippen LogP contribution in [0.4, 0.5) is 22.7 Å². The summed E-state index contributed by atoms with van der Waals surface area (Å²) in [6, 6.07) is 58.5. The number of sulfonamides is 4. The van der Waals surface area contributed by atoms with Crippen LogP contribution in [0, 0.1) is 0 Å². The van der Waals surface area contributed by atoms with Gasteiger partial charge in [-0.05, 0) is 84.9 Å². The van der Waals surface area contributed by atoms with Gasteiger partial charge in [0.05, 0.1) is 19.6 Å². The molecule has 14 rings (SSSR count). The molecule has 0 unspecified atom stereocenters. The number of fused-ring (bicyclic) bond motifs is 4. The van der Waals surface area contributed by atoms with Gasteiger partial charge in [-0.15, -0.1) is 0 Å². The Morgan fingerprint density at radius 3 is 0.604 bits per heavy atom. The first-order chi connectivity index (χ1) is 45.7. The van der Waals surface area contributed by atoms with Crippen LogP contribution >= 0.6 is 0 Å². The minimum Gasteiger partial charge on any atom is -0.377 e. The van der Waals surface area contributed by atoms with Crippen molar-refractivity contribution in [2.24, 2.45) is 0 Å². The zero-order chi connectivity index (χ0) is 68.4. The van der Waals surface area contributed by atoms with Gasteiger partial charge in [-0.25, -0.2) is 33.7 Å². The van der Waals surface area contributed by atoms with Crippen molar-refractivity contribution >= 4 is 106 Å². The Balaban J connectivity index is 0.999. The van der Waals surface area contributed by atoms with Crippen molar-refractivity contribution in [1.29, 1.82) is 0 Å². The molecule has 0 saturated carbocycles. The van der Waals surface area contributed by atoms with E-state index in [4.69, 9.17) is 0 Å². The van der Waals surface area contributed by atoms with Crippen LogP contribution < -0.4 is 19.6 Å². The van der Waals surface area contributed by atoms with Gasteiger partial charge in [0.25, 0.3) is 0 Å². The molecule has 22 heteroatoms. The third-order valence-corrected chi connectivity index (χ3v) is 25.9. The van der Waals surface area contributed by atoms with Crippen molar-refractivity contribution in [3.8, 4) is 0 Å². The Hall–Kier alpha value is -8.00. The van der Waals surface area contributed by atoms with Crippen LogP contribution in [-0.2, 0) is 66.3 Å². The van der Waals surface area contributed by atoms with E-state index in [2.05, 4.69) is 0 Å². The molecule has 0 atom stereocenters. The third kappa shape index (κ3) is 14.4. The predicted molar refractivity (Wildman–Crippen MR) is 391 cm³/mol. The summed E-state index contributed by atoms with van der Waals surface area (Å²) in [4.78, 5) is 12.3. The van der Waals surface area contributed by atoms with Gasteiger partial charge in [-0.2, -0.15) is 17.2 Å². The highest BCUT2D eigenvalue weighted by molar-refractivity contribution is 7.90. The van der Waals surface area contributed by atoms with Gasteiger partial charge in [0.1, 0.15) is 0 Å². The maximum absolute atomic E-state index is 15.5. The summed E-state index contributed by atoms with van der Waals surface area (Å²) in [5.41, 5.74) is 6.11. The Labute approximate surface area is 567 Å². The van der Waals surface area contributed by atoms with Crippen LogP contribution in [0.2, 0.25) is 0 Å². The van der Waals surface area contributed by atoms with Gasteiger partial charge >= 0.3 is 0 Å². The first kappa shape index (κ1) is 69.4. The number of hydrogen-bond donors (Lipinski definition) is 0. The quantitative estimate of drug-likeness (QED) is 0.113. The maximum Gasteiger partial charge on any atom is 0.244 e. The Morgan fingerprint density at radius 1 is 0.240 bits per heavy atom. The Morgan fingerprint density at radius 2 is 0.417 bits per heavy atom. The van der Waals surface area contributed by atoms with E-state index < -0.39 is 40.1 Å². The zero-order valence-corrected chi connectivity index (χ0v) is 59.6. The van der Waals surface area contributed by atoms with Crippen LogP contribution in [0.1, 0.15) is 22.3 Å². The largest absolute Gasteiger partial charge is 0.377 e. The second-order valence-corrected chi connectivity index (χ2v) is 33.3. The lowest BCUT2D eigenvalue weighted by atomic mass is 10.1. The first-order valence-corrected chi connectivity index (χ1v) is 37.8. The fraction of sp³-hybridized carbons (Fsp3) is 0.297. The molecule has 4 bridgehead atoms. The average molecular weight is 1370 g/mol. The molecule has 10 aromatic carbocycles. The highest BCUT2D eigenvalue weighted by Gasteiger charge is 2.33. The molecule has 504 valence electrons. The van der Waals surface area contributed by atoms with Crippen molar-refractivity contribution in [3.05, 3.63) is 216 Å². The predicted octanol–water partition coefficient (Wildman–Crippen LogP) is 10.9. The van der Waals surface area contributed by atoms with Gasteiger partial charge in [0.15, 0.2) is 0 Å². The number of rotatable bonds is 12. The van der Waals surface area contributed by atoms with Gasteiger partial charge in [-0.3, -0.25) is 0 Å². The van der Waals surface area contributed by atoms with E-state index in [1.807, 2.05) is 245 Å². The van der Waals surface area contributed by atoms with Crippen LogP contribution in [-0.4, -0.2) is 184 Å². The van der Waals surface area contributed by atoms with Crippen LogP contribution in [0.15, 0.2) is 214 Å². The molecule has 4 aliphatic rings. The first-order valence-electron chi connectivity index (χ1n) is 32.1. The van der Waals surface area contributed by atoms with Crippen molar-refractivity contribution in [2.45, 2.75) is 45.8 Å². The van der Waals surface area contributed by atoms with E-state index in [1.165, 1.54) is 17.2 Å². The van der Waals surface area contributed by atoms with E-state index in [0.717, 1.165) is 44.3 Å².